The van der Waals surface area contributed by atoms with E-state index in [0.717, 1.165) is 16.9 Å². The normalized spacial score (nSPS) is 16.7. The van der Waals surface area contributed by atoms with E-state index in [2.05, 4.69) is 12.1 Å². The Labute approximate surface area is 144 Å². The van der Waals surface area contributed by atoms with Crippen LogP contribution in [0.4, 0.5) is 0 Å². The Morgan fingerprint density at radius 3 is 2.83 bits per heavy atom. The monoisotopic (exact) mass is 345 g/mol. The number of amides is 2. The van der Waals surface area contributed by atoms with E-state index in [0.29, 0.717) is 24.5 Å². The van der Waals surface area contributed by atoms with E-state index in [4.69, 9.17) is 10.3 Å². The molecule has 0 fully saturated rings. The van der Waals surface area contributed by atoms with Crippen LogP contribution in [0.3, 0.4) is 0 Å². The van der Waals surface area contributed by atoms with Crippen molar-refractivity contribution in [3.63, 3.8) is 0 Å². The van der Waals surface area contributed by atoms with E-state index in [9.17, 15) is 9.59 Å². The van der Waals surface area contributed by atoms with Gasteiger partial charge in [0.2, 0.25) is 5.91 Å². The number of benzene rings is 1. The molecule has 126 valence electrons. The van der Waals surface area contributed by atoms with Gasteiger partial charge in [-0.15, -0.1) is 0 Å². The Balaban J connectivity index is 1.84. The minimum atomic E-state index is -0.669. The number of hydrogen-bond donors (Lipinski definition) is 1. The Morgan fingerprint density at radius 2 is 2.12 bits per heavy atom. The molecule has 1 aromatic carbocycles. The summed E-state index contributed by atoms with van der Waals surface area (Å²) in [6, 6.07) is 8.73. The van der Waals surface area contributed by atoms with E-state index in [1.807, 2.05) is 24.3 Å². The molecule has 1 aliphatic rings. The molecule has 0 aliphatic carbocycles. The van der Waals surface area contributed by atoms with Crippen LogP contribution in [0.15, 0.2) is 34.9 Å². The predicted molar refractivity (Wildman–Crippen MR) is 91.3 cm³/mol. The van der Waals surface area contributed by atoms with Crippen LogP contribution in [-0.2, 0) is 23.5 Å². The molecule has 6 nitrogen and oxygen atoms in total. The van der Waals surface area contributed by atoms with Gasteiger partial charge in [0.1, 0.15) is 11.8 Å². The molecule has 2 heterocycles. The number of nitrogens with two attached hydrogens (primary N) is 1. The van der Waals surface area contributed by atoms with Crippen LogP contribution >= 0.6 is 11.8 Å². The lowest BCUT2D eigenvalue weighted by Crippen LogP contribution is -2.51. The van der Waals surface area contributed by atoms with Crippen LogP contribution in [0.2, 0.25) is 0 Å². The number of fused-ring (bicyclic) bond motifs is 1. The van der Waals surface area contributed by atoms with Crippen LogP contribution in [0.25, 0.3) is 0 Å². The average molecular weight is 345 g/mol. The lowest BCUT2D eigenvalue weighted by Gasteiger charge is -2.34. The first-order chi connectivity index (χ1) is 11.6. The standard InChI is InChI=1S/C17H19N3O3S/c1-2-24-10-13-8-14(19-23-13)17(22)20-9-12-6-4-3-5-11(12)7-15(20)16(18)21/h3-6,8,15H,2,7,9-10H2,1H3,(H2,18,21)/t15-/m0/s1. The maximum Gasteiger partial charge on any atom is 0.277 e. The van der Waals surface area contributed by atoms with Crippen LogP contribution < -0.4 is 5.73 Å². The first-order valence-corrected chi connectivity index (χ1v) is 8.96. The van der Waals surface area contributed by atoms with Gasteiger partial charge in [-0.1, -0.05) is 36.3 Å². The maximum atomic E-state index is 12.8. The van der Waals surface area contributed by atoms with Crippen molar-refractivity contribution in [3.8, 4) is 0 Å². The van der Waals surface area contributed by atoms with Crippen molar-refractivity contribution in [1.29, 1.82) is 0 Å². The highest BCUT2D eigenvalue weighted by Crippen LogP contribution is 2.25. The van der Waals surface area contributed by atoms with Gasteiger partial charge in [0.15, 0.2) is 5.69 Å². The van der Waals surface area contributed by atoms with Crippen molar-refractivity contribution in [3.05, 3.63) is 52.9 Å². The molecule has 7 heteroatoms. The van der Waals surface area contributed by atoms with Gasteiger partial charge in [-0.25, -0.2) is 0 Å². The molecule has 0 unspecified atom stereocenters. The Kier molecular flexibility index (Phi) is 4.89. The summed E-state index contributed by atoms with van der Waals surface area (Å²) < 4.78 is 5.21. The van der Waals surface area contributed by atoms with E-state index in [1.54, 1.807) is 17.8 Å². The number of hydrogen-bond acceptors (Lipinski definition) is 5. The van der Waals surface area contributed by atoms with Crippen molar-refractivity contribution in [1.82, 2.24) is 10.1 Å². The summed E-state index contributed by atoms with van der Waals surface area (Å²) in [5.41, 5.74) is 7.81. The fraction of sp³-hybridized carbons (Fsp3) is 0.353. The first kappa shape index (κ1) is 16.6. The molecule has 2 N–H and O–H groups in total. The molecule has 24 heavy (non-hydrogen) atoms. The molecule has 1 atom stereocenters. The fourth-order valence-electron chi connectivity index (χ4n) is 2.82. The van der Waals surface area contributed by atoms with Gasteiger partial charge in [0, 0.05) is 19.0 Å². The molecule has 0 saturated heterocycles. The number of carbonyl (C=O) groups excluding carboxylic acids is 2. The minimum absolute atomic E-state index is 0.215. The summed E-state index contributed by atoms with van der Waals surface area (Å²) in [6.07, 6.45) is 0.424. The highest BCUT2D eigenvalue weighted by Gasteiger charge is 2.34. The molecule has 1 aromatic heterocycles. The van der Waals surface area contributed by atoms with Gasteiger partial charge >= 0.3 is 0 Å². The highest BCUT2D eigenvalue weighted by atomic mass is 32.2. The third-order valence-electron chi connectivity index (χ3n) is 4.06. The van der Waals surface area contributed by atoms with E-state index in [-0.39, 0.29) is 11.6 Å². The van der Waals surface area contributed by atoms with Crippen molar-refractivity contribution in [2.45, 2.75) is 31.7 Å². The predicted octanol–water partition coefficient (Wildman–Crippen LogP) is 1.98. The second-order valence-corrected chi connectivity index (χ2v) is 6.91. The maximum absolute atomic E-state index is 12.8. The zero-order valence-corrected chi connectivity index (χ0v) is 14.2. The second-order valence-electron chi connectivity index (χ2n) is 5.64. The smallest absolute Gasteiger partial charge is 0.277 e. The number of primary amides is 1. The van der Waals surface area contributed by atoms with E-state index in [1.165, 1.54) is 4.90 Å². The molecule has 3 rings (SSSR count). The topological polar surface area (TPSA) is 89.4 Å². The number of carbonyl (C=O) groups is 2. The summed E-state index contributed by atoms with van der Waals surface area (Å²) in [6.45, 7) is 2.39. The number of nitrogens with zero attached hydrogens (tertiary/aromatic N) is 2. The lowest BCUT2D eigenvalue weighted by molar-refractivity contribution is -0.122. The van der Waals surface area contributed by atoms with Gasteiger partial charge in [0.05, 0.1) is 5.75 Å². The van der Waals surface area contributed by atoms with Crippen LogP contribution in [-0.4, -0.2) is 33.7 Å². The average Bonchev–Trinajstić information content (AvgIpc) is 3.07. The van der Waals surface area contributed by atoms with Crippen molar-refractivity contribution in [2.24, 2.45) is 5.73 Å². The molecule has 1 aliphatic heterocycles. The first-order valence-electron chi connectivity index (χ1n) is 7.80. The SMILES string of the molecule is CCSCc1cc(C(=O)N2Cc3ccccc3C[C@H]2C(N)=O)no1. The van der Waals surface area contributed by atoms with E-state index >= 15 is 0 Å². The van der Waals surface area contributed by atoms with Gasteiger partial charge in [-0.05, 0) is 16.9 Å². The van der Waals surface area contributed by atoms with Crippen molar-refractivity contribution < 1.29 is 14.1 Å². The summed E-state index contributed by atoms with van der Waals surface area (Å²) >= 11 is 1.69. The summed E-state index contributed by atoms with van der Waals surface area (Å²) in [5.74, 6) is 1.43. The highest BCUT2D eigenvalue weighted by molar-refractivity contribution is 7.98. The third kappa shape index (κ3) is 3.31. The molecule has 0 spiro atoms. The van der Waals surface area contributed by atoms with Crippen LogP contribution in [0, 0.1) is 0 Å². The zero-order valence-electron chi connectivity index (χ0n) is 13.4. The molecule has 0 saturated carbocycles. The summed E-state index contributed by atoms with van der Waals surface area (Å²) in [7, 11) is 0. The molecule has 0 radical (unpaired) electrons. The molecule has 2 amide bonds. The number of thioether (sulfide) groups is 1. The zero-order chi connectivity index (χ0) is 17.1. The van der Waals surface area contributed by atoms with Gasteiger partial charge in [0.25, 0.3) is 5.91 Å². The fourth-order valence-corrected chi connectivity index (χ4v) is 3.36. The van der Waals surface area contributed by atoms with E-state index < -0.39 is 11.9 Å². The number of rotatable bonds is 5. The summed E-state index contributed by atoms with van der Waals surface area (Å²) in [5, 5.41) is 3.86. The molecular formula is C17H19N3O3S. The Hall–Kier alpha value is -2.28. The molecule has 2 aromatic rings. The second kappa shape index (κ2) is 7.09. The number of aromatic nitrogens is 1. The lowest BCUT2D eigenvalue weighted by atomic mass is 9.93. The Morgan fingerprint density at radius 1 is 1.38 bits per heavy atom. The minimum Gasteiger partial charge on any atom is -0.368 e. The van der Waals surface area contributed by atoms with Crippen molar-refractivity contribution >= 4 is 23.6 Å². The van der Waals surface area contributed by atoms with Gasteiger partial charge in [-0.3, -0.25) is 9.59 Å². The molecule has 0 bridgehead atoms. The summed E-state index contributed by atoms with van der Waals surface area (Å²) in [4.78, 5) is 26.1. The van der Waals surface area contributed by atoms with Gasteiger partial charge in [-0.2, -0.15) is 11.8 Å². The van der Waals surface area contributed by atoms with Crippen LogP contribution in [0.5, 0.6) is 0 Å². The largest absolute Gasteiger partial charge is 0.368 e. The van der Waals surface area contributed by atoms with Crippen molar-refractivity contribution in [2.75, 3.05) is 5.75 Å². The Bertz CT molecular complexity index is 759. The quantitative estimate of drug-likeness (QED) is 0.895. The van der Waals surface area contributed by atoms with Gasteiger partial charge < -0.3 is 15.2 Å². The van der Waals surface area contributed by atoms with Crippen LogP contribution in [0.1, 0.15) is 34.3 Å². The molecular weight excluding hydrogens is 326 g/mol. The third-order valence-corrected chi connectivity index (χ3v) is 4.96.